The Kier molecular flexibility index (Phi) is 4.18. The van der Waals surface area contributed by atoms with Gasteiger partial charge in [-0.25, -0.2) is 9.59 Å². The van der Waals surface area contributed by atoms with Crippen molar-refractivity contribution >= 4 is 17.7 Å². The van der Waals surface area contributed by atoms with Crippen LogP contribution in [0.15, 0.2) is 18.2 Å². The van der Waals surface area contributed by atoms with E-state index in [2.05, 4.69) is 10.6 Å². The summed E-state index contributed by atoms with van der Waals surface area (Å²) in [6.45, 7) is 6.18. The van der Waals surface area contributed by atoms with Crippen LogP contribution < -0.4 is 10.6 Å². The van der Waals surface area contributed by atoms with E-state index in [-0.39, 0.29) is 17.7 Å². The number of anilines is 1. The first-order valence-electron chi connectivity index (χ1n) is 6.86. The standard InChI is InChI=1S/C15H20N2O4/c1-9-4-5-11(8-12(9)13(18)19)16-14(20)17-15(3)6-7-21-10(15)2/h4-5,8,10H,6-7H2,1-3H3,(H,18,19)(H2,16,17,20). The number of hydrogen-bond acceptors (Lipinski definition) is 3. The number of carbonyl (C=O) groups is 2. The van der Waals surface area contributed by atoms with Crippen molar-refractivity contribution in [1.82, 2.24) is 5.32 Å². The van der Waals surface area contributed by atoms with Gasteiger partial charge in [0.15, 0.2) is 0 Å². The Hall–Kier alpha value is -2.08. The van der Waals surface area contributed by atoms with Crippen molar-refractivity contribution in [2.24, 2.45) is 0 Å². The Morgan fingerprint density at radius 3 is 2.71 bits per heavy atom. The normalized spacial score (nSPS) is 24.6. The van der Waals surface area contributed by atoms with Gasteiger partial charge in [0.25, 0.3) is 0 Å². The number of carbonyl (C=O) groups excluding carboxylic acids is 1. The molecule has 1 aliphatic rings. The highest BCUT2D eigenvalue weighted by Gasteiger charge is 2.38. The number of ether oxygens (including phenoxy) is 1. The third-order valence-electron chi connectivity index (χ3n) is 4.01. The number of aromatic carboxylic acids is 1. The van der Waals surface area contributed by atoms with Gasteiger partial charge in [0.05, 0.1) is 17.2 Å². The van der Waals surface area contributed by atoms with Crippen LogP contribution in [0.3, 0.4) is 0 Å². The van der Waals surface area contributed by atoms with Crippen molar-refractivity contribution < 1.29 is 19.4 Å². The van der Waals surface area contributed by atoms with Gasteiger partial charge in [0, 0.05) is 12.3 Å². The predicted molar refractivity (Wildman–Crippen MR) is 78.7 cm³/mol. The Morgan fingerprint density at radius 2 is 2.14 bits per heavy atom. The third-order valence-corrected chi connectivity index (χ3v) is 4.01. The van der Waals surface area contributed by atoms with Crippen molar-refractivity contribution in [3.8, 4) is 0 Å². The van der Waals surface area contributed by atoms with Crippen LogP contribution in [0.4, 0.5) is 10.5 Å². The van der Waals surface area contributed by atoms with Gasteiger partial charge in [0.1, 0.15) is 0 Å². The fraction of sp³-hybridized carbons (Fsp3) is 0.467. The molecule has 6 heteroatoms. The number of amides is 2. The third kappa shape index (κ3) is 3.33. The first kappa shape index (κ1) is 15.3. The molecule has 0 spiro atoms. The van der Waals surface area contributed by atoms with Crippen molar-refractivity contribution in [3.63, 3.8) is 0 Å². The Balaban J connectivity index is 2.06. The quantitative estimate of drug-likeness (QED) is 0.798. The second kappa shape index (κ2) is 5.73. The highest BCUT2D eigenvalue weighted by molar-refractivity contribution is 5.94. The molecule has 1 saturated heterocycles. The van der Waals surface area contributed by atoms with E-state index in [1.165, 1.54) is 6.07 Å². The summed E-state index contributed by atoms with van der Waals surface area (Å²) in [6, 6.07) is 4.43. The maximum atomic E-state index is 12.1. The lowest BCUT2D eigenvalue weighted by atomic mass is 9.95. The van der Waals surface area contributed by atoms with E-state index < -0.39 is 11.5 Å². The Bertz CT molecular complexity index is 573. The summed E-state index contributed by atoms with van der Waals surface area (Å²) in [5, 5.41) is 14.6. The maximum absolute atomic E-state index is 12.1. The van der Waals surface area contributed by atoms with E-state index in [9.17, 15) is 9.59 Å². The van der Waals surface area contributed by atoms with Crippen LogP contribution in [-0.2, 0) is 4.74 Å². The van der Waals surface area contributed by atoms with Gasteiger partial charge >= 0.3 is 12.0 Å². The summed E-state index contributed by atoms with van der Waals surface area (Å²) in [6.07, 6.45) is 0.686. The number of aryl methyl sites for hydroxylation is 1. The van der Waals surface area contributed by atoms with Gasteiger partial charge < -0.3 is 20.5 Å². The molecule has 0 radical (unpaired) electrons. The zero-order valence-corrected chi connectivity index (χ0v) is 12.4. The molecule has 114 valence electrons. The number of benzene rings is 1. The minimum Gasteiger partial charge on any atom is -0.478 e. The highest BCUT2D eigenvalue weighted by Crippen LogP contribution is 2.25. The number of carboxylic acids is 1. The molecule has 3 N–H and O–H groups in total. The summed E-state index contributed by atoms with van der Waals surface area (Å²) in [5.74, 6) is -1.01. The lowest BCUT2D eigenvalue weighted by Gasteiger charge is -2.28. The summed E-state index contributed by atoms with van der Waals surface area (Å²) in [5.41, 5.74) is 0.866. The van der Waals surface area contributed by atoms with Crippen LogP contribution in [-0.4, -0.2) is 35.4 Å². The van der Waals surface area contributed by atoms with Crippen LogP contribution in [0.1, 0.15) is 36.2 Å². The van der Waals surface area contributed by atoms with Gasteiger partial charge in [-0.3, -0.25) is 0 Å². The van der Waals surface area contributed by atoms with Gasteiger partial charge in [-0.2, -0.15) is 0 Å². The minimum absolute atomic E-state index is 0.0594. The van der Waals surface area contributed by atoms with E-state index >= 15 is 0 Å². The lowest BCUT2D eigenvalue weighted by molar-refractivity contribution is 0.0696. The average Bonchev–Trinajstić information content (AvgIpc) is 2.71. The second-order valence-corrected chi connectivity index (χ2v) is 5.59. The van der Waals surface area contributed by atoms with E-state index in [4.69, 9.17) is 9.84 Å². The summed E-state index contributed by atoms with van der Waals surface area (Å²) in [7, 11) is 0. The molecule has 0 aliphatic carbocycles. The second-order valence-electron chi connectivity index (χ2n) is 5.59. The Labute approximate surface area is 123 Å². The van der Waals surface area contributed by atoms with E-state index in [1.54, 1.807) is 19.1 Å². The topological polar surface area (TPSA) is 87.7 Å². The largest absolute Gasteiger partial charge is 0.478 e. The summed E-state index contributed by atoms with van der Waals surface area (Å²) >= 11 is 0. The minimum atomic E-state index is -1.01. The SMILES string of the molecule is Cc1ccc(NC(=O)NC2(C)CCOC2C)cc1C(=O)O. The number of rotatable bonds is 3. The van der Waals surface area contributed by atoms with Gasteiger partial charge in [0.2, 0.25) is 0 Å². The molecule has 1 fully saturated rings. The first-order valence-corrected chi connectivity index (χ1v) is 6.86. The fourth-order valence-corrected chi connectivity index (χ4v) is 2.35. The number of carboxylic acid groups (broad SMARTS) is 1. The molecule has 0 aromatic heterocycles. The van der Waals surface area contributed by atoms with Crippen LogP contribution in [0, 0.1) is 6.92 Å². The zero-order valence-electron chi connectivity index (χ0n) is 12.4. The van der Waals surface area contributed by atoms with Crippen molar-refractivity contribution in [2.75, 3.05) is 11.9 Å². The van der Waals surface area contributed by atoms with E-state index in [0.717, 1.165) is 6.42 Å². The molecule has 1 heterocycles. The molecule has 0 saturated carbocycles. The predicted octanol–water partition coefficient (Wildman–Crippen LogP) is 2.38. The molecule has 1 aromatic carbocycles. The molecule has 0 bridgehead atoms. The summed E-state index contributed by atoms with van der Waals surface area (Å²) in [4.78, 5) is 23.1. The number of urea groups is 1. The molecule has 6 nitrogen and oxygen atoms in total. The van der Waals surface area contributed by atoms with Crippen LogP contribution >= 0.6 is 0 Å². The number of hydrogen-bond donors (Lipinski definition) is 3. The zero-order chi connectivity index (χ0) is 15.6. The molecule has 2 amide bonds. The van der Waals surface area contributed by atoms with Gasteiger partial charge in [-0.1, -0.05) is 6.07 Å². The van der Waals surface area contributed by atoms with E-state index in [0.29, 0.717) is 17.9 Å². The smallest absolute Gasteiger partial charge is 0.336 e. The molecule has 1 aliphatic heterocycles. The maximum Gasteiger partial charge on any atom is 0.336 e. The number of nitrogens with one attached hydrogen (secondary N) is 2. The molecular weight excluding hydrogens is 272 g/mol. The molecular formula is C15H20N2O4. The molecule has 2 rings (SSSR count). The molecule has 2 atom stereocenters. The van der Waals surface area contributed by atoms with E-state index in [1.807, 2.05) is 13.8 Å². The summed E-state index contributed by atoms with van der Waals surface area (Å²) < 4.78 is 5.47. The van der Waals surface area contributed by atoms with Crippen molar-refractivity contribution in [1.29, 1.82) is 0 Å². The van der Waals surface area contributed by atoms with Crippen LogP contribution in [0.2, 0.25) is 0 Å². The highest BCUT2D eigenvalue weighted by atomic mass is 16.5. The van der Waals surface area contributed by atoms with Crippen LogP contribution in [0.25, 0.3) is 0 Å². The molecule has 21 heavy (non-hydrogen) atoms. The average molecular weight is 292 g/mol. The first-order chi connectivity index (χ1) is 9.82. The molecule has 1 aromatic rings. The van der Waals surface area contributed by atoms with Gasteiger partial charge in [-0.05, 0) is 44.9 Å². The van der Waals surface area contributed by atoms with Crippen molar-refractivity contribution in [2.45, 2.75) is 38.8 Å². The molecule has 2 unspecified atom stereocenters. The lowest BCUT2D eigenvalue weighted by Crippen LogP contribution is -2.52. The monoisotopic (exact) mass is 292 g/mol. The fourth-order valence-electron chi connectivity index (χ4n) is 2.35. The van der Waals surface area contributed by atoms with Crippen molar-refractivity contribution in [3.05, 3.63) is 29.3 Å². The van der Waals surface area contributed by atoms with Gasteiger partial charge in [-0.15, -0.1) is 0 Å². The Morgan fingerprint density at radius 1 is 1.43 bits per heavy atom. The van der Waals surface area contributed by atoms with Crippen LogP contribution in [0.5, 0.6) is 0 Å².